The number of benzene rings is 2. The van der Waals surface area contributed by atoms with Crippen molar-refractivity contribution >= 4 is 27.3 Å². The lowest BCUT2D eigenvalue weighted by Crippen LogP contribution is -2.37. The molecule has 1 aliphatic rings. The van der Waals surface area contributed by atoms with Crippen molar-refractivity contribution in [3.63, 3.8) is 0 Å². The molecule has 1 aliphatic heterocycles. The van der Waals surface area contributed by atoms with Crippen LogP contribution in [-0.4, -0.2) is 58.0 Å². The van der Waals surface area contributed by atoms with Gasteiger partial charge in [0, 0.05) is 31.7 Å². The molecule has 1 heterocycles. The Hall–Kier alpha value is -2.42. The van der Waals surface area contributed by atoms with Crippen LogP contribution in [0.25, 0.3) is 0 Å². The highest BCUT2D eigenvalue weighted by Gasteiger charge is 2.25. The molecule has 0 aromatic heterocycles. The number of hydrogen-bond acceptors (Lipinski definition) is 5. The second-order valence-corrected chi connectivity index (χ2v) is 9.58. The van der Waals surface area contributed by atoms with Crippen molar-refractivity contribution in [2.24, 2.45) is 0 Å². The van der Waals surface area contributed by atoms with E-state index in [1.165, 1.54) is 4.31 Å². The van der Waals surface area contributed by atoms with Gasteiger partial charge in [-0.15, -0.1) is 0 Å². The van der Waals surface area contributed by atoms with Gasteiger partial charge in [0.1, 0.15) is 0 Å². The molecule has 0 radical (unpaired) electrons. The highest BCUT2D eigenvalue weighted by Crippen LogP contribution is 2.31. The molecule has 0 bridgehead atoms. The molecule has 7 nitrogen and oxygen atoms in total. The van der Waals surface area contributed by atoms with E-state index in [1.807, 2.05) is 45.9 Å². The summed E-state index contributed by atoms with van der Waals surface area (Å²) in [5.41, 5.74) is 3.70. The lowest BCUT2D eigenvalue weighted by Gasteiger charge is -2.31. The molecule has 168 valence electrons. The molecule has 1 fully saturated rings. The molecule has 0 atom stereocenters. The maximum atomic E-state index is 13.1. The second-order valence-electron chi connectivity index (χ2n) is 7.64. The van der Waals surface area contributed by atoms with Gasteiger partial charge >= 0.3 is 0 Å². The molecule has 0 aliphatic carbocycles. The van der Waals surface area contributed by atoms with Crippen LogP contribution in [0.3, 0.4) is 0 Å². The number of carbonyl (C=O) groups is 1. The number of anilines is 2. The Morgan fingerprint density at radius 1 is 1.06 bits per heavy atom. The molecular weight excluding hydrogens is 414 g/mol. The Morgan fingerprint density at radius 3 is 2.39 bits per heavy atom. The predicted molar refractivity (Wildman–Crippen MR) is 123 cm³/mol. The van der Waals surface area contributed by atoms with E-state index in [1.54, 1.807) is 18.2 Å². The molecule has 0 saturated carbocycles. The smallest absolute Gasteiger partial charge is 0.255 e. The normalized spacial score (nSPS) is 14.7. The van der Waals surface area contributed by atoms with E-state index in [0.717, 1.165) is 16.8 Å². The lowest BCUT2D eigenvalue weighted by atomic mass is 10.0. The van der Waals surface area contributed by atoms with E-state index in [-0.39, 0.29) is 10.8 Å². The molecule has 8 heteroatoms. The Labute approximate surface area is 185 Å². The SMILES string of the molecule is CCN(CC)S(=O)(=O)c1ccc(N2CCOCC2)c(NC(=O)c2cc(C)ccc2C)c1. The number of nitrogens with zero attached hydrogens (tertiary/aromatic N) is 2. The summed E-state index contributed by atoms with van der Waals surface area (Å²) in [5.74, 6) is -0.256. The van der Waals surface area contributed by atoms with Crippen LogP contribution in [0.4, 0.5) is 11.4 Å². The monoisotopic (exact) mass is 445 g/mol. The van der Waals surface area contributed by atoms with E-state index < -0.39 is 10.0 Å². The van der Waals surface area contributed by atoms with Crippen LogP contribution in [0.5, 0.6) is 0 Å². The summed E-state index contributed by atoms with van der Waals surface area (Å²) in [6.07, 6.45) is 0. The first-order valence-corrected chi connectivity index (χ1v) is 12.1. The van der Waals surface area contributed by atoms with Crippen molar-refractivity contribution in [1.82, 2.24) is 4.31 Å². The van der Waals surface area contributed by atoms with E-state index in [2.05, 4.69) is 10.2 Å². The fraction of sp³-hybridized carbons (Fsp3) is 0.435. The Balaban J connectivity index is 2.03. The number of morpholine rings is 1. The van der Waals surface area contributed by atoms with Crippen molar-refractivity contribution in [3.05, 3.63) is 53.1 Å². The summed E-state index contributed by atoms with van der Waals surface area (Å²) in [4.78, 5) is 15.4. The third-order valence-corrected chi connectivity index (χ3v) is 7.59. The quantitative estimate of drug-likeness (QED) is 0.707. The van der Waals surface area contributed by atoms with Gasteiger partial charge < -0.3 is 15.0 Å². The molecule has 0 unspecified atom stereocenters. The van der Waals surface area contributed by atoms with Crippen molar-refractivity contribution < 1.29 is 17.9 Å². The maximum Gasteiger partial charge on any atom is 0.255 e. The zero-order chi connectivity index (χ0) is 22.6. The Kier molecular flexibility index (Phi) is 7.35. The van der Waals surface area contributed by atoms with Gasteiger partial charge in [-0.25, -0.2) is 8.42 Å². The first kappa shape index (κ1) is 23.2. The summed E-state index contributed by atoms with van der Waals surface area (Å²) in [6.45, 7) is 10.7. The van der Waals surface area contributed by atoms with E-state index in [0.29, 0.717) is 50.6 Å². The standard InChI is InChI=1S/C23H31N3O4S/c1-5-26(6-2)31(28,29)19-9-10-22(25-11-13-30-14-12-25)21(16-19)24-23(27)20-15-17(3)7-8-18(20)4/h7-10,15-16H,5-6,11-14H2,1-4H3,(H,24,27). The van der Waals surface area contributed by atoms with Crippen molar-refractivity contribution in [2.45, 2.75) is 32.6 Å². The van der Waals surface area contributed by atoms with Gasteiger partial charge in [0.15, 0.2) is 0 Å². The Bertz CT molecular complexity index is 1040. The highest BCUT2D eigenvalue weighted by molar-refractivity contribution is 7.89. The lowest BCUT2D eigenvalue weighted by molar-refractivity contribution is 0.102. The third kappa shape index (κ3) is 5.08. The Morgan fingerprint density at radius 2 is 1.74 bits per heavy atom. The number of rotatable bonds is 7. The van der Waals surface area contributed by atoms with Crippen LogP contribution in [-0.2, 0) is 14.8 Å². The number of ether oxygens (including phenoxy) is 1. The number of nitrogens with one attached hydrogen (secondary N) is 1. The minimum atomic E-state index is -3.65. The predicted octanol–water partition coefficient (Wildman–Crippen LogP) is 3.42. The zero-order valence-electron chi connectivity index (χ0n) is 18.6. The van der Waals surface area contributed by atoms with Crippen LogP contribution >= 0.6 is 0 Å². The summed E-state index contributed by atoms with van der Waals surface area (Å²) < 4.78 is 33.0. The fourth-order valence-electron chi connectivity index (χ4n) is 3.74. The van der Waals surface area contributed by atoms with Gasteiger partial charge in [0.2, 0.25) is 10.0 Å². The maximum absolute atomic E-state index is 13.1. The number of hydrogen-bond donors (Lipinski definition) is 1. The molecule has 2 aromatic rings. The van der Waals surface area contributed by atoms with E-state index in [4.69, 9.17) is 4.74 Å². The van der Waals surface area contributed by atoms with Crippen LogP contribution in [0.2, 0.25) is 0 Å². The fourth-order valence-corrected chi connectivity index (χ4v) is 5.22. The van der Waals surface area contributed by atoms with Crippen LogP contribution in [0.1, 0.15) is 35.3 Å². The summed E-state index contributed by atoms with van der Waals surface area (Å²) in [7, 11) is -3.65. The van der Waals surface area contributed by atoms with Gasteiger partial charge in [0.25, 0.3) is 5.91 Å². The van der Waals surface area contributed by atoms with Gasteiger partial charge in [0.05, 0.1) is 29.5 Å². The zero-order valence-corrected chi connectivity index (χ0v) is 19.5. The van der Waals surface area contributed by atoms with Gasteiger partial charge in [-0.1, -0.05) is 31.5 Å². The van der Waals surface area contributed by atoms with Crippen molar-refractivity contribution in [2.75, 3.05) is 49.6 Å². The molecule has 3 rings (SSSR count). The van der Waals surface area contributed by atoms with Crippen LogP contribution in [0, 0.1) is 13.8 Å². The summed E-state index contributed by atoms with van der Waals surface area (Å²) >= 11 is 0. The largest absolute Gasteiger partial charge is 0.378 e. The molecule has 1 amide bonds. The molecule has 31 heavy (non-hydrogen) atoms. The van der Waals surface area contributed by atoms with Crippen LogP contribution < -0.4 is 10.2 Å². The first-order chi connectivity index (χ1) is 14.8. The van der Waals surface area contributed by atoms with E-state index in [9.17, 15) is 13.2 Å². The summed E-state index contributed by atoms with van der Waals surface area (Å²) in [5, 5.41) is 2.98. The average molecular weight is 446 g/mol. The van der Waals surface area contributed by atoms with Gasteiger partial charge in [-0.2, -0.15) is 4.31 Å². The first-order valence-electron chi connectivity index (χ1n) is 10.6. The summed E-state index contributed by atoms with van der Waals surface area (Å²) in [6, 6.07) is 10.7. The third-order valence-electron chi connectivity index (χ3n) is 5.55. The molecular formula is C23H31N3O4S. The topological polar surface area (TPSA) is 79.0 Å². The highest BCUT2D eigenvalue weighted by atomic mass is 32.2. The minimum Gasteiger partial charge on any atom is -0.378 e. The average Bonchev–Trinajstić information content (AvgIpc) is 2.76. The van der Waals surface area contributed by atoms with Crippen LogP contribution in [0.15, 0.2) is 41.3 Å². The van der Waals surface area contributed by atoms with Crippen molar-refractivity contribution in [3.8, 4) is 0 Å². The number of carbonyl (C=O) groups excluding carboxylic acids is 1. The van der Waals surface area contributed by atoms with E-state index >= 15 is 0 Å². The molecule has 1 saturated heterocycles. The minimum absolute atomic E-state index is 0.171. The molecule has 0 spiro atoms. The number of amides is 1. The number of aryl methyl sites for hydroxylation is 2. The van der Waals surface area contributed by atoms with Gasteiger partial charge in [-0.05, 0) is 43.7 Å². The molecule has 2 aromatic carbocycles. The van der Waals surface area contributed by atoms with Gasteiger partial charge in [-0.3, -0.25) is 4.79 Å². The number of sulfonamides is 1. The van der Waals surface area contributed by atoms with Crippen molar-refractivity contribution in [1.29, 1.82) is 0 Å². The second kappa shape index (κ2) is 9.80. The molecule has 1 N–H and O–H groups in total.